The molecular weight excluding hydrogens is 242 g/mol. The topological polar surface area (TPSA) is 53.7 Å². The van der Waals surface area contributed by atoms with E-state index < -0.39 is 11.4 Å². The third-order valence-corrected chi connectivity index (χ3v) is 3.82. The highest BCUT2D eigenvalue weighted by Gasteiger charge is 2.41. The van der Waals surface area contributed by atoms with Gasteiger partial charge in [-0.1, -0.05) is 6.08 Å². The Balaban J connectivity index is 2.07. The van der Waals surface area contributed by atoms with E-state index in [0.29, 0.717) is 19.5 Å². The second-order valence-electron chi connectivity index (χ2n) is 5.40. The zero-order chi connectivity index (χ0) is 13.9. The molecule has 4 heteroatoms. The number of aliphatic carboxylic acids is 1. The summed E-state index contributed by atoms with van der Waals surface area (Å²) < 4.78 is 5.57. The molecule has 2 rings (SSSR count). The summed E-state index contributed by atoms with van der Waals surface area (Å²) in [7, 11) is 0. The number of hydrogen-bond donors (Lipinski definition) is 1. The van der Waals surface area contributed by atoms with Gasteiger partial charge in [-0.25, -0.2) is 0 Å². The number of rotatable bonds is 5. The lowest BCUT2D eigenvalue weighted by Gasteiger charge is -2.39. The largest absolute Gasteiger partial charge is 0.481 e. The van der Waals surface area contributed by atoms with E-state index >= 15 is 0 Å². The zero-order valence-corrected chi connectivity index (χ0v) is 11.4. The van der Waals surface area contributed by atoms with Crippen molar-refractivity contribution in [3.8, 4) is 0 Å². The number of likely N-dealkylation sites (tertiary alicyclic amines) is 1. The SMILES string of the molecule is C=CCC1(C(=O)O)CCCN(Cc2ccc(C)o2)C1. The van der Waals surface area contributed by atoms with E-state index in [9.17, 15) is 9.90 Å². The van der Waals surface area contributed by atoms with Crippen molar-refractivity contribution in [2.45, 2.75) is 32.7 Å². The van der Waals surface area contributed by atoms with E-state index in [-0.39, 0.29) is 0 Å². The Kier molecular flexibility index (Phi) is 4.10. The van der Waals surface area contributed by atoms with Crippen LogP contribution in [-0.4, -0.2) is 29.1 Å². The van der Waals surface area contributed by atoms with E-state index in [0.717, 1.165) is 30.9 Å². The Morgan fingerprint density at radius 3 is 3.00 bits per heavy atom. The fourth-order valence-corrected chi connectivity index (χ4v) is 2.86. The Morgan fingerprint density at radius 1 is 1.63 bits per heavy atom. The van der Waals surface area contributed by atoms with Gasteiger partial charge in [-0.05, 0) is 44.9 Å². The molecule has 1 aromatic rings. The van der Waals surface area contributed by atoms with Gasteiger partial charge in [0, 0.05) is 6.54 Å². The van der Waals surface area contributed by atoms with Crippen molar-refractivity contribution in [2.75, 3.05) is 13.1 Å². The summed E-state index contributed by atoms with van der Waals surface area (Å²) >= 11 is 0. The molecule has 0 radical (unpaired) electrons. The third-order valence-electron chi connectivity index (χ3n) is 3.82. The molecule has 1 unspecified atom stereocenters. The van der Waals surface area contributed by atoms with Crippen molar-refractivity contribution in [3.05, 3.63) is 36.3 Å². The molecule has 1 aromatic heterocycles. The van der Waals surface area contributed by atoms with Crippen LogP contribution in [0.4, 0.5) is 0 Å². The third kappa shape index (κ3) is 3.07. The van der Waals surface area contributed by atoms with Crippen LogP contribution in [0.3, 0.4) is 0 Å². The van der Waals surface area contributed by atoms with Crippen molar-refractivity contribution >= 4 is 5.97 Å². The van der Waals surface area contributed by atoms with Crippen molar-refractivity contribution in [3.63, 3.8) is 0 Å². The van der Waals surface area contributed by atoms with Gasteiger partial charge in [0.1, 0.15) is 11.5 Å². The van der Waals surface area contributed by atoms with Crippen molar-refractivity contribution < 1.29 is 14.3 Å². The molecule has 0 aliphatic carbocycles. The Morgan fingerprint density at radius 2 is 2.42 bits per heavy atom. The monoisotopic (exact) mass is 263 g/mol. The lowest BCUT2D eigenvalue weighted by atomic mass is 9.77. The van der Waals surface area contributed by atoms with Gasteiger partial charge in [-0.15, -0.1) is 6.58 Å². The molecule has 104 valence electrons. The van der Waals surface area contributed by atoms with Crippen molar-refractivity contribution in [2.24, 2.45) is 5.41 Å². The maximum atomic E-state index is 11.6. The second kappa shape index (κ2) is 5.61. The van der Waals surface area contributed by atoms with Crippen LogP contribution in [0.2, 0.25) is 0 Å². The molecule has 0 spiro atoms. The van der Waals surface area contributed by atoms with Crippen LogP contribution in [0, 0.1) is 12.3 Å². The maximum Gasteiger partial charge on any atom is 0.311 e. The van der Waals surface area contributed by atoms with Gasteiger partial charge in [0.25, 0.3) is 0 Å². The summed E-state index contributed by atoms with van der Waals surface area (Å²) in [5.41, 5.74) is -0.679. The van der Waals surface area contributed by atoms with Crippen LogP contribution in [0.25, 0.3) is 0 Å². The molecule has 2 heterocycles. The van der Waals surface area contributed by atoms with E-state index in [4.69, 9.17) is 4.42 Å². The minimum atomic E-state index is -0.715. The molecule has 0 aromatic carbocycles. The molecule has 1 N–H and O–H groups in total. The number of aryl methyl sites for hydroxylation is 1. The number of carboxylic acid groups (broad SMARTS) is 1. The van der Waals surface area contributed by atoms with Gasteiger partial charge in [-0.3, -0.25) is 9.69 Å². The number of hydrogen-bond acceptors (Lipinski definition) is 3. The van der Waals surface area contributed by atoms with Gasteiger partial charge in [-0.2, -0.15) is 0 Å². The number of nitrogens with zero attached hydrogens (tertiary/aromatic N) is 1. The van der Waals surface area contributed by atoms with Crippen LogP contribution >= 0.6 is 0 Å². The van der Waals surface area contributed by atoms with Crippen LogP contribution in [-0.2, 0) is 11.3 Å². The molecule has 1 saturated heterocycles. The number of furan rings is 1. The molecule has 19 heavy (non-hydrogen) atoms. The Hall–Kier alpha value is -1.55. The van der Waals surface area contributed by atoms with Crippen molar-refractivity contribution in [1.82, 2.24) is 4.90 Å². The van der Waals surface area contributed by atoms with Crippen LogP contribution in [0.5, 0.6) is 0 Å². The molecule has 1 aliphatic heterocycles. The molecule has 1 aliphatic rings. The number of piperidine rings is 1. The summed E-state index contributed by atoms with van der Waals surface area (Å²) in [5.74, 6) is 1.08. The first-order valence-electron chi connectivity index (χ1n) is 6.68. The number of carboxylic acids is 1. The second-order valence-corrected chi connectivity index (χ2v) is 5.40. The average molecular weight is 263 g/mol. The zero-order valence-electron chi connectivity index (χ0n) is 11.4. The maximum absolute atomic E-state index is 11.6. The first kappa shape index (κ1) is 13.9. The first-order valence-corrected chi connectivity index (χ1v) is 6.68. The lowest BCUT2D eigenvalue weighted by Crippen LogP contribution is -2.47. The fraction of sp³-hybridized carbons (Fsp3) is 0.533. The molecule has 0 bridgehead atoms. The average Bonchev–Trinajstić information content (AvgIpc) is 2.75. The number of carbonyl (C=O) groups is 1. The summed E-state index contributed by atoms with van der Waals surface area (Å²) in [6, 6.07) is 3.90. The quantitative estimate of drug-likeness (QED) is 0.830. The van der Waals surface area contributed by atoms with E-state index in [2.05, 4.69) is 11.5 Å². The van der Waals surface area contributed by atoms with Gasteiger partial charge >= 0.3 is 5.97 Å². The van der Waals surface area contributed by atoms with E-state index in [1.54, 1.807) is 6.08 Å². The smallest absolute Gasteiger partial charge is 0.311 e. The minimum absolute atomic E-state index is 0.524. The highest BCUT2D eigenvalue weighted by molar-refractivity contribution is 5.75. The van der Waals surface area contributed by atoms with Crippen LogP contribution in [0.1, 0.15) is 30.8 Å². The van der Waals surface area contributed by atoms with Crippen LogP contribution < -0.4 is 0 Å². The standard InChI is InChI=1S/C15H21NO3/c1-3-7-15(14(17)18)8-4-9-16(11-15)10-13-6-5-12(2)19-13/h3,5-6H,1,4,7-11H2,2H3,(H,17,18). The van der Waals surface area contributed by atoms with Crippen LogP contribution in [0.15, 0.2) is 29.2 Å². The van der Waals surface area contributed by atoms with Gasteiger partial charge in [0.2, 0.25) is 0 Å². The normalized spacial score (nSPS) is 24.3. The Bertz CT molecular complexity index is 466. The summed E-state index contributed by atoms with van der Waals surface area (Å²) in [6.45, 7) is 7.78. The first-order chi connectivity index (χ1) is 9.05. The highest BCUT2D eigenvalue weighted by atomic mass is 16.4. The fourth-order valence-electron chi connectivity index (χ4n) is 2.86. The Labute approximate surface area is 113 Å². The summed E-state index contributed by atoms with van der Waals surface area (Å²) in [6.07, 6.45) is 3.87. The predicted molar refractivity (Wildman–Crippen MR) is 72.8 cm³/mol. The van der Waals surface area contributed by atoms with Gasteiger partial charge in [0.15, 0.2) is 0 Å². The van der Waals surface area contributed by atoms with E-state index in [1.165, 1.54) is 0 Å². The van der Waals surface area contributed by atoms with Gasteiger partial charge in [0.05, 0.1) is 12.0 Å². The molecular formula is C15H21NO3. The summed E-state index contributed by atoms with van der Waals surface area (Å²) in [5, 5.41) is 9.51. The summed E-state index contributed by atoms with van der Waals surface area (Å²) in [4.78, 5) is 13.7. The lowest BCUT2D eigenvalue weighted by molar-refractivity contribution is -0.152. The van der Waals surface area contributed by atoms with Gasteiger partial charge < -0.3 is 9.52 Å². The van der Waals surface area contributed by atoms with E-state index in [1.807, 2.05) is 19.1 Å². The molecule has 1 atom stereocenters. The molecule has 0 amide bonds. The minimum Gasteiger partial charge on any atom is -0.481 e. The highest BCUT2D eigenvalue weighted by Crippen LogP contribution is 2.34. The molecule has 1 fully saturated rings. The van der Waals surface area contributed by atoms with Crippen molar-refractivity contribution in [1.29, 1.82) is 0 Å². The predicted octanol–water partition coefficient (Wildman–Crippen LogP) is 2.83. The number of allylic oxidation sites excluding steroid dienone is 1. The molecule has 0 saturated carbocycles. The molecule has 4 nitrogen and oxygen atoms in total.